The molecular weight excluding hydrogens is 539 g/mol. The molecular formula is C27H25F5N4O4. The molecule has 13 heteroatoms. The van der Waals surface area contributed by atoms with Gasteiger partial charge in [-0.15, -0.1) is 13.2 Å². The fourth-order valence-electron chi connectivity index (χ4n) is 5.17. The summed E-state index contributed by atoms with van der Waals surface area (Å²) in [6, 6.07) is 7.77. The van der Waals surface area contributed by atoms with Crippen molar-refractivity contribution >= 4 is 17.0 Å². The van der Waals surface area contributed by atoms with Gasteiger partial charge in [-0.25, -0.2) is 13.8 Å². The molecule has 40 heavy (non-hydrogen) atoms. The van der Waals surface area contributed by atoms with Crippen molar-refractivity contribution in [2.24, 2.45) is 13.0 Å². The van der Waals surface area contributed by atoms with Crippen LogP contribution in [0.4, 0.5) is 22.0 Å². The molecule has 0 unspecified atom stereocenters. The molecule has 0 bridgehead atoms. The lowest BCUT2D eigenvalue weighted by atomic mass is 9.78. The Morgan fingerprint density at radius 3 is 2.50 bits per heavy atom. The predicted molar refractivity (Wildman–Crippen MR) is 132 cm³/mol. The van der Waals surface area contributed by atoms with Gasteiger partial charge >= 0.3 is 12.3 Å². The SMILES string of the molecule is Cn1cc(F)c(COc2ccc3nc([C@@H]4CCCC[C@@H]4C(=O)O)n(Cc4ccc(OC(F)(F)F)cc4F)c3c2)n1. The lowest BCUT2D eigenvalue weighted by Crippen LogP contribution is -2.28. The van der Waals surface area contributed by atoms with Crippen LogP contribution in [0, 0.1) is 17.6 Å². The summed E-state index contributed by atoms with van der Waals surface area (Å²) in [5.74, 6) is -3.47. The van der Waals surface area contributed by atoms with E-state index in [0.717, 1.165) is 18.9 Å². The van der Waals surface area contributed by atoms with E-state index in [-0.39, 0.29) is 24.4 Å². The van der Waals surface area contributed by atoms with Gasteiger partial charge in [0.15, 0.2) is 5.82 Å². The van der Waals surface area contributed by atoms with Crippen molar-refractivity contribution < 1.29 is 41.3 Å². The zero-order chi connectivity index (χ0) is 28.6. The summed E-state index contributed by atoms with van der Waals surface area (Å²) in [5, 5.41) is 13.9. The highest BCUT2D eigenvalue weighted by Crippen LogP contribution is 2.40. The molecule has 0 saturated heterocycles. The van der Waals surface area contributed by atoms with Crippen molar-refractivity contribution in [1.29, 1.82) is 0 Å². The van der Waals surface area contributed by atoms with E-state index in [9.17, 15) is 31.9 Å². The Hall–Kier alpha value is -4.16. The number of aromatic nitrogens is 4. The van der Waals surface area contributed by atoms with Gasteiger partial charge in [-0.3, -0.25) is 9.48 Å². The highest BCUT2D eigenvalue weighted by atomic mass is 19.4. The molecule has 2 atom stereocenters. The molecule has 1 aliphatic rings. The third-order valence-corrected chi connectivity index (χ3v) is 6.98. The molecule has 5 rings (SSSR count). The summed E-state index contributed by atoms with van der Waals surface area (Å²) in [5.41, 5.74) is 1.16. The normalized spacial score (nSPS) is 17.8. The molecule has 4 aromatic rings. The van der Waals surface area contributed by atoms with Gasteiger partial charge in [-0.2, -0.15) is 5.10 Å². The summed E-state index contributed by atoms with van der Waals surface area (Å²) in [6.45, 7) is -0.288. The number of carboxylic acid groups (broad SMARTS) is 1. The van der Waals surface area contributed by atoms with Gasteiger partial charge in [0.05, 0.1) is 29.7 Å². The van der Waals surface area contributed by atoms with Crippen molar-refractivity contribution in [2.75, 3.05) is 0 Å². The number of aryl methyl sites for hydroxylation is 1. The molecule has 0 aliphatic heterocycles. The van der Waals surface area contributed by atoms with Gasteiger partial charge in [0.2, 0.25) is 0 Å². The van der Waals surface area contributed by atoms with Gasteiger partial charge in [0.25, 0.3) is 0 Å². The van der Waals surface area contributed by atoms with E-state index < -0.39 is 41.6 Å². The van der Waals surface area contributed by atoms with Crippen LogP contribution in [0.1, 0.15) is 48.7 Å². The van der Waals surface area contributed by atoms with Crippen molar-refractivity contribution in [3.8, 4) is 11.5 Å². The molecule has 0 spiro atoms. The third kappa shape index (κ3) is 5.87. The second kappa shape index (κ2) is 10.8. The molecule has 1 N–H and O–H groups in total. The zero-order valence-corrected chi connectivity index (χ0v) is 21.3. The highest BCUT2D eigenvalue weighted by molar-refractivity contribution is 5.79. The van der Waals surface area contributed by atoms with E-state index in [0.29, 0.717) is 41.5 Å². The predicted octanol–water partition coefficient (Wildman–Crippen LogP) is 5.93. The van der Waals surface area contributed by atoms with E-state index in [1.54, 1.807) is 29.8 Å². The Kier molecular flexibility index (Phi) is 7.39. The van der Waals surface area contributed by atoms with Crippen LogP contribution in [-0.2, 0) is 25.0 Å². The maximum atomic E-state index is 15.0. The first-order chi connectivity index (χ1) is 19.0. The lowest BCUT2D eigenvalue weighted by Gasteiger charge is -2.28. The van der Waals surface area contributed by atoms with Crippen LogP contribution in [0.5, 0.6) is 11.5 Å². The molecule has 8 nitrogen and oxygen atoms in total. The smallest absolute Gasteiger partial charge is 0.487 e. The molecule has 1 saturated carbocycles. The molecule has 0 radical (unpaired) electrons. The van der Waals surface area contributed by atoms with Crippen molar-refractivity contribution in [2.45, 2.75) is 51.1 Å². The average molecular weight is 565 g/mol. The molecule has 0 amide bonds. The fourth-order valence-corrected chi connectivity index (χ4v) is 5.17. The summed E-state index contributed by atoms with van der Waals surface area (Å²) in [7, 11) is 1.58. The zero-order valence-electron chi connectivity index (χ0n) is 21.3. The summed E-state index contributed by atoms with van der Waals surface area (Å²) < 4.78 is 79.4. The quantitative estimate of drug-likeness (QED) is 0.267. The minimum Gasteiger partial charge on any atom is -0.487 e. The second-order valence-electron chi connectivity index (χ2n) is 9.73. The van der Waals surface area contributed by atoms with Crippen LogP contribution in [0.3, 0.4) is 0 Å². The second-order valence-corrected chi connectivity index (χ2v) is 9.73. The number of aliphatic carboxylic acids is 1. The number of hydrogen-bond donors (Lipinski definition) is 1. The standard InChI is InChI=1S/C27H25F5N4O4/c1-35-13-21(29)23(34-35)14-39-16-8-9-22-24(11-16)36(25(33-22)18-4-2-3-5-19(18)26(37)38)12-15-6-7-17(10-20(15)28)40-27(30,31)32/h6-11,13,18-19H,2-5,12,14H2,1H3,(H,37,38)/t18-,19+/m1/s1. The first-order valence-corrected chi connectivity index (χ1v) is 12.6. The number of hydrogen-bond acceptors (Lipinski definition) is 5. The summed E-state index contributed by atoms with van der Waals surface area (Å²) in [6.07, 6.45) is -1.19. The highest BCUT2D eigenvalue weighted by Gasteiger charge is 2.36. The number of benzene rings is 2. The van der Waals surface area contributed by atoms with Crippen molar-refractivity contribution in [3.05, 3.63) is 71.3 Å². The van der Waals surface area contributed by atoms with Crippen LogP contribution < -0.4 is 9.47 Å². The number of imidazole rings is 1. The van der Waals surface area contributed by atoms with Gasteiger partial charge in [-0.05, 0) is 31.0 Å². The van der Waals surface area contributed by atoms with Crippen LogP contribution in [0.25, 0.3) is 11.0 Å². The van der Waals surface area contributed by atoms with E-state index >= 15 is 0 Å². The number of alkyl halides is 3. The number of carbonyl (C=O) groups is 1. The monoisotopic (exact) mass is 564 g/mol. The van der Waals surface area contributed by atoms with Crippen LogP contribution >= 0.6 is 0 Å². The Bertz CT molecular complexity index is 1550. The number of ether oxygens (including phenoxy) is 2. The van der Waals surface area contributed by atoms with Crippen molar-refractivity contribution in [3.63, 3.8) is 0 Å². The number of fused-ring (bicyclic) bond motifs is 1. The maximum Gasteiger partial charge on any atom is 0.573 e. The third-order valence-electron chi connectivity index (χ3n) is 6.98. The number of halogens is 5. The molecule has 2 heterocycles. The van der Waals surface area contributed by atoms with Crippen LogP contribution in [0.2, 0.25) is 0 Å². The Balaban J connectivity index is 1.53. The first-order valence-electron chi connectivity index (χ1n) is 12.6. The van der Waals surface area contributed by atoms with Crippen LogP contribution in [0.15, 0.2) is 42.6 Å². The molecule has 212 valence electrons. The molecule has 1 fully saturated rings. The summed E-state index contributed by atoms with van der Waals surface area (Å²) >= 11 is 0. The lowest BCUT2D eigenvalue weighted by molar-refractivity contribution is -0.274. The van der Waals surface area contributed by atoms with Gasteiger partial charge < -0.3 is 19.1 Å². The molecule has 1 aliphatic carbocycles. The minimum atomic E-state index is -4.97. The summed E-state index contributed by atoms with van der Waals surface area (Å²) in [4.78, 5) is 16.8. The molecule has 2 aromatic heterocycles. The van der Waals surface area contributed by atoms with Gasteiger partial charge in [0, 0.05) is 30.7 Å². The maximum absolute atomic E-state index is 15.0. The minimum absolute atomic E-state index is 0.0552. The van der Waals surface area contributed by atoms with E-state index in [1.807, 2.05) is 0 Å². The Morgan fingerprint density at radius 2 is 1.82 bits per heavy atom. The molecule has 2 aromatic carbocycles. The Labute approximate surface area is 224 Å². The largest absolute Gasteiger partial charge is 0.573 e. The number of carboxylic acids is 1. The van der Waals surface area contributed by atoms with Crippen LogP contribution in [-0.4, -0.2) is 36.8 Å². The average Bonchev–Trinajstić information content (AvgIpc) is 3.41. The van der Waals surface area contributed by atoms with Crippen molar-refractivity contribution in [1.82, 2.24) is 19.3 Å². The van der Waals surface area contributed by atoms with Gasteiger partial charge in [0.1, 0.15) is 35.4 Å². The fraction of sp³-hybridized carbons (Fsp3) is 0.370. The number of rotatable bonds is 8. The number of nitrogens with zero attached hydrogens (tertiary/aromatic N) is 4. The van der Waals surface area contributed by atoms with E-state index in [1.165, 1.54) is 16.9 Å². The van der Waals surface area contributed by atoms with E-state index in [4.69, 9.17) is 9.72 Å². The van der Waals surface area contributed by atoms with E-state index in [2.05, 4.69) is 9.84 Å². The Morgan fingerprint density at radius 1 is 1.07 bits per heavy atom. The topological polar surface area (TPSA) is 91.4 Å². The van der Waals surface area contributed by atoms with Gasteiger partial charge in [-0.1, -0.05) is 18.9 Å². The first kappa shape index (κ1) is 27.4.